The standard InChI is InChI=1S/C21H24FN5O/c1-14-4-2-7-18(22)21(14)27-11-16(9-26-27)20-19(10-24-13-25-20)28-12-15-5-3-6-17(23)8-15/h2,4,7,9-11,13,15,17H,3,5-6,8,12,23H2,1H3. The second kappa shape index (κ2) is 8.06. The first-order chi connectivity index (χ1) is 13.6. The lowest BCUT2D eigenvalue weighted by molar-refractivity contribution is 0.197. The van der Waals surface area contributed by atoms with Crippen LogP contribution >= 0.6 is 0 Å². The normalized spacial score (nSPS) is 19.5. The van der Waals surface area contributed by atoms with Gasteiger partial charge in [0.25, 0.3) is 0 Å². The van der Waals surface area contributed by atoms with Crippen molar-refractivity contribution in [2.24, 2.45) is 11.7 Å². The summed E-state index contributed by atoms with van der Waals surface area (Å²) < 4.78 is 21.8. The Balaban J connectivity index is 1.56. The second-order valence-corrected chi connectivity index (χ2v) is 7.42. The number of nitrogens with zero attached hydrogens (tertiary/aromatic N) is 4. The first-order valence-electron chi connectivity index (χ1n) is 9.60. The molecule has 0 amide bonds. The predicted octanol–water partition coefficient (Wildman–Crippen LogP) is 3.67. The number of aryl methyl sites for hydroxylation is 1. The van der Waals surface area contributed by atoms with Crippen LogP contribution < -0.4 is 10.5 Å². The molecule has 2 N–H and O–H groups in total. The Morgan fingerprint density at radius 2 is 2.18 bits per heavy atom. The van der Waals surface area contributed by atoms with Crippen LogP contribution in [0.3, 0.4) is 0 Å². The third-order valence-electron chi connectivity index (χ3n) is 5.25. The van der Waals surface area contributed by atoms with Crippen LogP contribution in [0.1, 0.15) is 31.2 Å². The Labute approximate surface area is 163 Å². The quantitative estimate of drug-likeness (QED) is 0.729. The lowest BCUT2D eigenvalue weighted by Gasteiger charge is -2.26. The molecule has 0 aliphatic heterocycles. The summed E-state index contributed by atoms with van der Waals surface area (Å²) in [5.74, 6) is 0.731. The van der Waals surface area contributed by atoms with Crippen molar-refractivity contribution in [1.82, 2.24) is 19.7 Å². The molecule has 1 aromatic carbocycles. The molecule has 7 heteroatoms. The maximum absolute atomic E-state index is 14.3. The van der Waals surface area contributed by atoms with E-state index in [-0.39, 0.29) is 11.9 Å². The fourth-order valence-electron chi connectivity index (χ4n) is 3.81. The number of benzene rings is 1. The van der Waals surface area contributed by atoms with Crippen molar-refractivity contribution in [3.63, 3.8) is 0 Å². The zero-order valence-electron chi connectivity index (χ0n) is 15.9. The molecule has 2 heterocycles. The highest BCUT2D eigenvalue weighted by atomic mass is 19.1. The van der Waals surface area contributed by atoms with Gasteiger partial charge in [0, 0.05) is 17.8 Å². The molecule has 1 saturated carbocycles. The molecule has 6 nitrogen and oxygen atoms in total. The molecule has 1 aliphatic carbocycles. The summed E-state index contributed by atoms with van der Waals surface area (Å²) in [5, 5.41) is 4.33. The number of aromatic nitrogens is 4. The van der Waals surface area contributed by atoms with Gasteiger partial charge in [-0.05, 0) is 43.7 Å². The van der Waals surface area contributed by atoms with E-state index in [0.717, 1.165) is 36.8 Å². The summed E-state index contributed by atoms with van der Waals surface area (Å²) in [6, 6.07) is 5.23. The topological polar surface area (TPSA) is 78.8 Å². The number of hydrogen-bond acceptors (Lipinski definition) is 5. The Morgan fingerprint density at radius 1 is 1.29 bits per heavy atom. The Hall–Kier alpha value is -2.80. The minimum atomic E-state index is -0.317. The first-order valence-corrected chi connectivity index (χ1v) is 9.60. The molecule has 1 fully saturated rings. The van der Waals surface area contributed by atoms with Crippen molar-refractivity contribution in [2.75, 3.05) is 6.61 Å². The van der Waals surface area contributed by atoms with Crippen LogP contribution in [0.4, 0.5) is 4.39 Å². The van der Waals surface area contributed by atoms with Crippen molar-refractivity contribution < 1.29 is 9.13 Å². The number of rotatable bonds is 5. The molecule has 146 valence electrons. The monoisotopic (exact) mass is 381 g/mol. The molecule has 2 unspecified atom stereocenters. The number of halogens is 1. The van der Waals surface area contributed by atoms with Gasteiger partial charge in [0.1, 0.15) is 23.5 Å². The van der Waals surface area contributed by atoms with Crippen LogP contribution in [-0.2, 0) is 0 Å². The fourth-order valence-corrected chi connectivity index (χ4v) is 3.81. The Morgan fingerprint density at radius 3 is 3.00 bits per heavy atom. The van der Waals surface area contributed by atoms with Gasteiger partial charge in [-0.15, -0.1) is 0 Å². The van der Waals surface area contributed by atoms with Gasteiger partial charge in [0.2, 0.25) is 0 Å². The van der Waals surface area contributed by atoms with Crippen molar-refractivity contribution in [3.8, 4) is 22.7 Å². The third-order valence-corrected chi connectivity index (χ3v) is 5.25. The summed E-state index contributed by atoms with van der Waals surface area (Å²) in [7, 11) is 0. The highest BCUT2D eigenvalue weighted by Gasteiger charge is 2.21. The highest BCUT2D eigenvalue weighted by molar-refractivity contribution is 5.64. The van der Waals surface area contributed by atoms with E-state index in [1.54, 1.807) is 24.7 Å². The molecule has 3 aromatic rings. The highest BCUT2D eigenvalue weighted by Crippen LogP contribution is 2.30. The van der Waals surface area contributed by atoms with Gasteiger partial charge in [0.15, 0.2) is 5.75 Å². The van der Waals surface area contributed by atoms with E-state index in [2.05, 4.69) is 15.1 Å². The second-order valence-electron chi connectivity index (χ2n) is 7.42. The van der Waals surface area contributed by atoms with Crippen molar-refractivity contribution >= 4 is 0 Å². The van der Waals surface area contributed by atoms with Crippen molar-refractivity contribution in [2.45, 2.75) is 38.6 Å². The smallest absolute Gasteiger partial charge is 0.163 e. The lowest BCUT2D eigenvalue weighted by atomic mass is 9.87. The summed E-state index contributed by atoms with van der Waals surface area (Å²) in [6.45, 7) is 2.45. The van der Waals surface area contributed by atoms with E-state index in [0.29, 0.717) is 29.7 Å². The van der Waals surface area contributed by atoms with Gasteiger partial charge in [-0.25, -0.2) is 19.0 Å². The van der Waals surface area contributed by atoms with Gasteiger partial charge in [-0.3, -0.25) is 0 Å². The zero-order chi connectivity index (χ0) is 19.5. The minimum absolute atomic E-state index is 0.260. The van der Waals surface area contributed by atoms with Gasteiger partial charge < -0.3 is 10.5 Å². The van der Waals surface area contributed by atoms with E-state index < -0.39 is 0 Å². The maximum atomic E-state index is 14.3. The van der Waals surface area contributed by atoms with Crippen LogP contribution in [0.2, 0.25) is 0 Å². The van der Waals surface area contributed by atoms with Crippen molar-refractivity contribution in [1.29, 1.82) is 0 Å². The average Bonchev–Trinajstić information content (AvgIpc) is 3.16. The van der Waals surface area contributed by atoms with Crippen LogP contribution in [-0.4, -0.2) is 32.4 Å². The zero-order valence-corrected chi connectivity index (χ0v) is 15.9. The molecule has 4 rings (SSSR count). The van der Waals surface area contributed by atoms with Gasteiger partial charge in [0.05, 0.1) is 19.0 Å². The molecule has 0 bridgehead atoms. The van der Waals surface area contributed by atoms with Gasteiger partial charge in [-0.2, -0.15) is 5.10 Å². The van der Waals surface area contributed by atoms with Gasteiger partial charge >= 0.3 is 0 Å². The van der Waals surface area contributed by atoms with Crippen LogP contribution in [0, 0.1) is 18.7 Å². The van der Waals surface area contributed by atoms with E-state index in [1.165, 1.54) is 17.1 Å². The third kappa shape index (κ3) is 3.89. The van der Waals surface area contributed by atoms with E-state index >= 15 is 0 Å². The fraction of sp³-hybridized carbons (Fsp3) is 0.381. The molecular formula is C21H24FN5O. The molecule has 0 radical (unpaired) electrons. The molecule has 2 atom stereocenters. The predicted molar refractivity (Wildman–Crippen MR) is 105 cm³/mol. The summed E-state index contributed by atoms with van der Waals surface area (Å²) in [4.78, 5) is 8.47. The molecule has 0 spiro atoms. The van der Waals surface area contributed by atoms with E-state index in [4.69, 9.17) is 10.5 Å². The SMILES string of the molecule is Cc1cccc(F)c1-n1cc(-c2ncncc2OCC2CCCC(N)C2)cn1. The molecule has 2 aromatic heterocycles. The molecule has 28 heavy (non-hydrogen) atoms. The summed E-state index contributed by atoms with van der Waals surface area (Å²) in [6.07, 6.45) is 10.9. The number of ether oxygens (including phenoxy) is 1. The largest absolute Gasteiger partial charge is 0.489 e. The lowest BCUT2D eigenvalue weighted by Crippen LogP contribution is -2.30. The van der Waals surface area contributed by atoms with E-state index in [1.807, 2.05) is 13.0 Å². The van der Waals surface area contributed by atoms with Crippen LogP contribution in [0.15, 0.2) is 43.1 Å². The maximum Gasteiger partial charge on any atom is 0.163 e. The van der Waals surface area contributed by atoms with Crippen LogP contribution in [0.5, 0.6) is 5.75 Å². The molecule has 1 aliphatic rings. The van der Waals surface area contributed by atoms with E-state index in [9.17, 15) is 4.39 Å². The number of para-hydroxylation sites is 1. The summed E-state index contributed by atoms with van der Waals surface area (Å²) >= 11 is 0. The number of hydrogen-bond donors (Lipinski definition) is 1. The molecular weight excluding hydrogens is 357 g/mol. The molecule has 0 saturated heterocycles. The Bertz CT molecular complexity index is 937. The van der Waals surface area contributed by atoms with Gasteiger partial charge in [-0.1, -0.05) is 18.6 Å². The first kappa shape index (κ1) is 18.6. The minimum Gasteiger partial charge on any atom is -0.489 e. The average molecular weight is 381 g/mol. The van der Waals surface area contributed by atoms with Crippen LogP contribution in [0.25, 0.3) is 16.9 Å². The number of nitrogens with two attached hydrogens (primary N) is 1. The summed E-state index contributed by atoms with van der Waals surface area (Å²) in [5.41, 5.74) is 8.71. The Kier molecular flexibility index (Phi) is 5.34. The van der Waals surface area contributed by atoms with Crippen molar-refractivity contribution in [3.05, 3.63) is 54.5 Å².